The van der Waals surface area contributed by atoms with Gasteiger partial charge in [-0.2, -0.15) is 0 Å². The Morgan fingerprint density at radius 2 is 1.62 bits per heavy atom. The predicted octanol–water partition coefficient (Wildman–Crippen LogP) is 4.26. The second-order valence-corrected chi connectivity index (χ2v) is 6.66. The molecule has 2 bridgehead atoms. The Labute approximate surface area is 127 Å². The Morgan fingerprint density at radius 1 is 1.10 bits per heavy atom. The van der Waals surface area contributed by atoms with Crippen LogP contribution in [0.3, 0.4) is 0 Å². The molecule has 2 fully saturated rings. The first-order chi connectivity index (χ1) is 10.1. The summed E-state index contributed by atoms with van der Waals surface area (Å²) in [5, 5.41) is 0. The molecule has 2 nitrogen and oxygen atoms in total. The molecule has 2 saturated heterocycles. The smallest absolute Gasteiger partial charge is 0.166 e. The van der Waals surface area contributed by atoms with Crippen molar-refractivity contribution in [3.8, 4) is 0 Å². The van der Waals surface area contributed by atoms with Gasteiger partial charge < -0.3 is 4.74 Å². The molecule has 114 valence electrons. The molecule has 0 spiro atoms. The fraction of sp³-hybridized carbons (Fsp3) is 0.632. The summed E-state index contributed by atoms with van der Waals surface area (Å²) in [5.74, 6) is 0.554. The molecule has 2 unspecified atom stereocenters. The van der Waals surface area contributed by atoms with Crippen molar-refractivity contribution in [1.82, 2.24) is 0 Å². The third-order valence-corrected chi connectivity index (χ3v) is 5.12. The highest BCUT2D eigenvalue weighted by Crippen LogP contribution is 2.38. The summed E-state index contributed by atoms with van der Waals surface area (Å²) >= 11 is 0. The highest BCUT2D eigenvalue weighted by atomic mass is 16.5. The van der Waals surface area contributed by atoms with E-state index in [0.717, 1.165) is 44.1 Å². The summed E-state index contributed by atoms with van der Waals surface area (Å²) in [7, 11) is 0. The van der Waals surface area contributed by atoms with Crippen LogP contribution in [-0.4, -0.2) is 18.0 Å². The second-order valence-electron chi connectivity index (χ2n) is 6.66. The Kier molecular flexibility index (Phi) is 4.17. The molecule has 2 aliphatic heterocycles. The number of ether oxygens (including phenoxy) is 1. The zero-order valence-corrected chi connectivity index (χ0v) is 13.4. The van der Waals surface area contributed by atoms with Crippen LogP contribution in [0.1, 0.15) is 66.6 Å². The van der Waals surface area contributed by atoms with E-state index in [4.69, 9.17) is 4.74 Å². The third-order valence-electron chi connectivity index (χ3n) is 5.12. The van der Waals surface area contributed by atoms with Crippen molar-refractivity contribution in [2.45, 2.75) is 71.5 Å². The van der Waals surface area contributed by atoms with E-state index in [2.05, 4.69) is 32.9 Å². The van der Waals surface area contributed by atoms with Gasteiger partial charge in [0.05, 0.1) is 12.2 Å². The molecule has 3 rings (SSSR count). The van der Waals surface area contributed by atoms with Gasteiger partial charge in [0, 0.05) is 11.5 Å². The summed E-state index contributed by atoms with van der Waals surface area (Å²) in [6.07, 6.45) is 6.67. The summed E-state index contributed by atoms with van der Waals surface area (Å²) in [6.45, 7) is 6.43. The van der Waals surface area contributed by atoms with E-state index in [1.165, 1.54) is 16.7 Å². The van der Waals surface area contributed by atoms with Gasteiger partial charge in [0.2, 0.25) is 0 Å². The number of fused-ring (bicyclic) bond motifs is 2. The average Bonchev–Trinajstić information content (AvgIpc) is 2.83. The van der Waals surface area contributed by atoms with Crippen LogP contribution in [0.4, 0.5) is 0 Å². The SMILES string of the molecule is CCc1cc(C)cc(CC)c1C(=O)C1CC2CCC(C1)O2. The lowest BCUT2D eigenvalue weighted by Crippen LogP contribution is -2.31. The lowest BCUT2D eigenvalue weighted by Gasteiger charge is -2.28. The Hall–Kier alpha value is -1.15. The topological polar surface area (TPSA) is 26.3 Å². The van der Waals surface area contributed by atoms with Crippen LogP contribution in [0.2, 0.25) is 0 Å². The van der Waals surface area contributed by atoms with E-state index < -0.39 is 0 Å². The fourth-order valence-corrected chi connectivity index (χ4v) is 4.09. The maximum Gasteiger partial charge on any atom is 0.166 e. The van der Waals surface area contributed by atoms with Crippen molar-refractivity contribution in [2.75, 3.05) is 0 Å². The molecule has 0 radical (unpaired) electrons. The number of carbonyl (C=O) groups is 1. The van der Waals surface area contributed by atoms with Crippen LogP contribution in [-0.2, 0) is 17.6 Å². The highest BCUT2D eigenvalue weighted by Gasteiger charge is 2.38. The first kappa shape index (κ1) is 14.8. The summed E-state index contributed by atoms with van der Waals surface area (Å²) in [4.78, 5) is 13.1. The van der Waals surface area contributed by atoms with Gasteiger partial charge in [-0.15, -0.1) is 0 Å². The lowest BCUT2D eigenvalue weighted by molar-refractivity contribution is -0.0149. The van der Waals surface area contributed by atoms with Crippen molar-refractivity contribution in [2.24, 2.45) is 5.92 Å². The van der Waals surface area contributed by atoms with Gasteiger partial charge >= 0.3 is 0 Å². The molecule has 0 aliphatic carbocycles. The number of carbonyl (C=O) groups excluding carboxylic acids is 1. The molecule has 2 heterocycles. The van der Waals surface area contributed by atoms with Crippen molar-refractivity contribution >= 4 is 5.78 Å². The molecule has 0 N–H and O–H groups in total. The molecule has 0 aromatic heterocycles. The average molecular weight is 286 g/mol. The predicted molar refractivity (Wildman–Crippen MR) is 84.9 cm³/mol. The quantitative estimate of drug-likeness (QED) is 0.773. The maximum absolute atomic E-state index is 13.1. The number of Topliss-reactive ketones (excluding diaryl/α,β-unsaturated/α-hetero) is 1. The first-order valence-electron chi connectivity index (χ1n) is 8.44. The van der Waals surface area contributed by atoms with Gasteiger partial charge in [-0.05, 0) is 56.6 Å². The van der Waals surface area contributed by atoms with Crippen molar-refractivity contribution in [3.05, 3.63) is 34.4 Å². The Balaban J connectivity index is 1.93. The van der Waals surface area contributed by atoms with E-state index in [1.807, 2.05) is 0 Å². The zero-order chi connectivity index (χ0) is 15.0. The molecule has 0 amide bonds. The van der Waals surface area contributed by atoms with Crippen molar-refractivity contribution in [1.29, 1.82) is 0 Å². The minimum absolute atomic E-state index is 0.176. The number of hydrogen-bond acceptors (Lipinski definition) is 2. The highest BCUT2D eigenvalue weighted by molar-refractivity contribution is 6.00. The molecule has 2 heteroatoms. The third kappa shape index (κ3) is 2.78. The molecular weight excluding hydrogens is 260 g/mol. The van der Waals surface area contributed by atoms with Crippen LogP contribution in [0.25, 0.3) is 0 Å². The standard InChI is InChI=1S/C19H26O2/c1-4-13-8-12(3)9-14(5-2)18(13)19(20)15-10-16-6-7-17(11-15)21-16/h8-9,15-17H,4-7,10-11H2,1-3H3. The van der Waals surface area contributed by atoms with Gasteiger partial charge in [-0.1, -0.05) is 31.5 Å². The molecule has 2 atom stereocenters. The second kappa shape index (κ2) is 5.92. The van der Waals surface area contributed by atoms with Crippen LogP contribution in [0, 0.1) is 12.8 Å². The van der Waals surface area contributed by atoms with Crippen LogP contribution >= 0.6 is 0 Å². The van der Waals surface area contributed by atoms with E-state index >= 15 is 0 Å². The van der Waals surface area contributed by atoms with Gasteiger partial charge in [0.1, 0.15) is 0 Å². The minimum Gasteiger partial charge on any atom is -0.375 e. The fourth-order valence-electron chi connectivity index (χ4n) is 4.09. The number of benzene rings is 1. The first-order valence-corrected chi connectivity index (χ1v) is 8.44. The van der Waals surface area contributed by atoms with Gasteiger partial charge in [0.25, 0.3) is 0 Å². The summed E-state index contributed by atoms with van der Waals surface area (Å²) in [5.41, 5.74) is 4.76. The minimum atomic E-state index is 0.176. The van der Waals surface area contributed by atoms with Crippen molar-refractivity contribution in [3.63, 3.8) is 0 Å². The van der Waals surface area contributed by atoms with E-state index in [-0.39, 0.29) is 5.92 Å². The molecule has 1 aromatic rings. The number of aryl methyl sites for hydroxylation is 3. The number of ketones is 1. The zero-order valence-electron chi connectivity index (χ0n) is 13.4. The monoisotopic (exact) mass is 286 g/mol. The van der Waals surface area contributed by atoms with E-state index in [9.17, 15) is 4.79 Å². The normalized spacial score (nSPS) is 27.9. The molecule has 2 aliphatic rings. The number of rotatable bonds is 4. The summed E-state index contributed by atoms with van der Waals surface area (Å²) in [6, 6.07) is 4.39. The lowest BCUT2D eigenvalue weighted by atomic mass is 9.82. The Morgan fingerprint density at radius 3 is 2.10 bits per heavy atom. The molecular formula is C19H26O2. The Bertz CT molecular complexity index is 509. The number of hydrogen-bond donors (Lipinski definition) is 0. The summed E-state index contributed by atoms with van der Waals surface area (Å²) < 4.78 is 5.89. The largest absolute Gasteiger partial charge is 0.375 e. The molecule has 21 heavy (non-hydrogen) atoms. The van der Waals surface area contributed by atoms with Gasteiger partial charge in [0.15, 0.2) is 5.78 Å². The molecule has 1 aromatic carbocycles. The van der Waals surface area contributed by atoms with Crippen molar-refractivity contribution < 1.29 is 9.53 Å². The molecule has 0 saturated carbocycles. The van der Waals surface area contributed by atoms with Crippen LogP contribution < -0.4 is 0 Å². The van der Waals surface area contributed by atoms with E-state index in [0.29, 0.717) is 18.0 Å². The van der Waals surface area contributed by atoms with E-state index in [1.54, 1.807) is 0 Å². The van der Waals surface area contributed by atoms with Crippen LogP contribution in [0.5, 0.6) is 0 Å². The maximum atomic E-state index is 13.1. The van der Waals surface area contributed by atoms with Gasteiger partial charge in [-0.3, -0.25) is 4.79 Å². The van der Waals surface area contributed by atoms with Gasteiger partial charge in [-0.25, -0.2) is 0 Å². The van der Waals surface area contributed by atoms with Crippen LogP contribution in [0.15, 0.2) is 12.1 Å².